The molecule has 2 heterocycles. The van der Waals surface area contributed by atoms with Crippen molar-refractivity contribution in [2.75, 3.05) is 20.3 Å². The van der Waals surface area contributed by atoms with Gasteiger partial charge in [0.2, 0.25) is 5.88 Å². The number of fused-ring (bicyclic) bond motifs is 1. The Morgan fingerprint density at radius 1 is 0.900 bits per heavy atom. The van der Waals surface area contributed by atoms with E-state index in [1.165, 1.54) is 38.5 Å². The average molecular weight is 552 g/mol. The lowest BCUT2D eigenvalue weighted by atomic mass is 9.91. The molecular formula is C33H45NO6. The van der Waals surface area contributed by atoms with Gasteiger partial charge >= 0.3 is 11.6 Å². The van der Waals surface area contributed by atoms with Crippen LogP contribution in [0.5, 0.6) is 11.6 Å². The van der Waals surface area contributed by atoms with Crippen LogP contribution in [0.4, 0.5) is 0 Å². The Morgan fingerprint density at radius 2 is 1.55 bits per heavy atom. The molecule has 7 heteroatoms. The zero-order valence-corrected chi connectivity index (χ0v) is 24.6. The molecular weight excluding hydrogens is 506 g/mol. The van der Waals surface area contributed by atoms with Gasteiger partial charge in [-0.2, -0.15) is 0 Å². The second kappa shape index (κ2) is 16.0. The van der Waals surface area contributed by atoms with Crippen LogP contribution in [-0.4, -0.2) is 31.3 Å². The number of nitrogens with zero attached hydrogens (tertiary/aromatic N) is 1. The van der Waals surface area contributed by atoms with E-state index in [1.807, 2.05) is 57.2 Å². The van der Waals surface area contributed by atoms with Crippen molar-refractivity contribution < 1.29 is 23.4 Å². The van der Waals surface area contributed by atoms with E-state index in [-0.39, 0.29) is 11.4 Å². The zero-order chi connectivity index (χ0) is 28.8. The highest BCUT2D eigenvalue weighted by Gasteiger charge is 2.26. The van der Waals surface area contributed by atoms with Crippen molar-refractivity contribution in [1.82, 2.24) is 4.98 Å². The number of esters is 1. The number of methoxy groups -OCH3 is 1. The third-order valence-electron chi connectivity index (χ3n) is 7.43. The molecule has 3 rings (SSSR count). The first-order valence-electron chi connectivity index (χ1n) is 14.7. The first-order valence-corrected chi connectivity index (χ1v) is 14.7. The number of aromatic nitrogens is 1. The highest BCUT2D eigenvalue weighted by Crippen LogP contribution is 2.26. The second-order valence-corrected chi connectivity index (χ2v) is 11.0. The zero-order valence-electron chi connectivity index (χ0n) is 24.6. The summed E-state index contributed by atoms with van der Waals surface area (Å²) in [5, 5.41) is 0.767. The van der Waals surface area contributed by atoms with Gasteiger partial charge in [-0.15, -0.1) is 0 Å². The van der Waals surface area contributed by atoms with E-state index in [1.54, 1.807) is 13.3 Å². The van der Waals surface area contributed by atoms with Crippen molar-refractivity contribution in [3.8, 4) is 22.8 Å². The van der Waals surface area contributed by atoms with Gasteiger partial charge in [0.25, 0.3) is 0 Å². The summed E-state index contributed by atoms with van der Waals surface area (Å²) in [6, 6.07) is 11.0. The lowest BCUT2D eigenvalue weighted by Crippen LogP contribution is -2.26. The van der Waals surface area contributed by atoms with Gasteiger partial charge in [0.15, 0.2) is 5.58 Å². The molecule has 2 aromatic heterocycles. The molecule has 218 valence electrons. The predicted molar refractivity (Wildman–Crippen MR) is 159 cm³/mol. The SMILES string of the molecule is CCC(C)(C)C(=O)OCCCCCCCCCCCCOc1cc2cc(-c3cccc(OC)c3)c(=O)oc2cn1. The maximum absolute atomic E-state index is 12.5. The molecule has 0 saturated carbocycles. The number of carbonyl (C=O) groups excluding carboxylic acids is 1. The van der Waals surface area contributed by atoms with Gasteiger partial charge in [0, 0.05) is 11.5 Å². The van der Waals surface area contributed by atoms with Crippen molar-refractivity contribution in [3.63, 3.8) is 0 Å². The molecule has 1 aromatic carbocycles. The minimum atomic E-state index is -0.412. The van der Waals surface area contributed by atoms with E-state index >= 15 is 0 Å². The Kier molecular flexibility index (Phi) is 12.5. The number of pyridine rings is 1. The van der Waals surface area contributed by atoms with Crippen LogP contribution in [0.15, 0.2) is 51.8 Å². The molecule has 0 bridgehead atoms. The fourth-order valence-corrected chi connectivity index (χ4v) is 4.38. The van der Waals surface area contributed by atoms with Gasteiger partial charge in [-0.05, 0) is 56.9 Å². The fraction of sp³-hybridized carbons (Fsp3) is 0.545. The average Bonchev–Trinajstić information content (AvgIpc) is 2.96. The Balaban J connectivity index is 1.27. The number of benzene rings is 1. The van der Waals surface area contributed by atoms with E-state index in [0.29, 0.717) is 36.0 Å². The minimum Gasteiger partial charge on any atom is -0.497 e. The van der Waals surface area contributed by atoms with Crippen LogP contribution < -0.4 is 15.1 Å². The molecule has 0 fully saturated rings. The third kappa shape index (κ3) is 9.68. The molecule has 0 amide bonds. The van der Waals surface area contributed by atoms with E-state index in [0.717, 1.165) is 43.1 Å². The van der Waals surface area contributed by atoms with Gasteiger partial charge in [-0.3, -0.25) is 4.79 Å². The lowest BCUT2D eigenvalue weighted by molar-refractivity contribution is -0.154. The molecule has 0 N–H and O–H groups in total. The maximum Gasteiger partial charge on any atom is 0.344 e. The first kappa shape index (κ1) is 31.2. The molecule has 0 aliphatic rings. The Morgan fingerprint density at radius 3 is 2.20 bits per heavy atom. The summed E-state index contributed by atoms with van der Waals surface area (Å²) in [6.45, 7) is 7.04. The standard InChI is InChI=1S/C33H45NO6/c1-5-33(2,3)32(36)39-20-15-13-11-9-7-6-8-10-12-14-19-38-30-23-26-22-28(31(35)40-29(26)24-34-30)25-17-16-18-27(21-25)37-4/h16-18,21-24H,5-15,19-20H2,1-4H3. The second-order valence-electron chi connectivity index (χ2n) is 11.0. The topological polar surface area (TPSA) is 87.9 Å². The van der Waals surface area contributed by atoms with Crippen LogP contribution in [0, 0.1) is 5.41 Å². The minimum absolute atomic E-state index is 0.0807. The molecule has 0 saturated heterocycles. The summed E-state index contributed by atoms with van der Waals surface area (Å²) in [6.07, 6.45) is 13.9. The molecule has 0 aliphatic heterocycles. The highest BCUT2D eigenvalue weighted by molar-refractivity contribution is 5.82. The monoisotopic (exact) mass is 551 g/mol. The maximum atomic E-state index is 12.5. The number of ether oxygens (including phenoxy) is 3. The fourth-order valence-electron chi connectivity index (χ4n) is 4.38. The third-order valence-corrected chi connectivity index (χ3v) is 7.43. The summed E-state index contributed by atoms with van der Waals surface area (Å²) in [4.78, 5) is 28.7. The molecule has 0 spiro atoms. The quantitative estimate of drug-likeness (QED) is 0.116. The van der Waals surface area contributed by atoms with Crippen molar-refractivity contribution in [2.45, 2.75) is 91.4 Å². The van der Waals surface area contributed by atoms with Crippen molar-refractivity contribution in [3.05, 3.63) is 53.0 Å². The summed E-state index contributed by atoms with van der Waals surface area (Å²) in [5.41, 5.74) is 0.862. The summed E-state index contributed by atoms with van der Waals surface area (Å²) in [5.74, 6) is 1.13. The van der Waals surface area contributed by atoms with E-state index in [9.17, 15) is 9.59 Å². The van der Waals surface area contributed by atoms with E-state index in [4.69, 9.17) is 18.6 Å². The summed E-state index contributed by atoms with van der Waals surface area (Å²) < 4.78 is 22.0. The van der Waals surface area contributed by atoms with E-state index in [2.05, 4.69) is 4.98 Å². The van der Waals surface area contributed by atoms with Crippen LogP contribution in [0.3, 0.4) is 0 Å². The Labute approximate surface area is 238 Å². The predicted octanol–water partition coefficient (Wildman–Crippen LogP) is 8.12. The molecule has 7 nitrogen and oxygen atoms in total. The van der Waals surface area contributed by atoms with Crippen LogP contribution in [0.2, 0.25) is 0 Å². The highest BCUT2D eigenvalue weighted by atomic mass is 16.5. The summed E-state index contributed by atoms with van der Waals surface area (Å²) >= 11 is 0. The Bertz CT molecular complexity index is 1270. The van der Waals surface area contributed by atoms with Crippen molar-refractivity contribution in [1.29, 1.82) is 0 Å². The number of hydrogen-bond acceptors (Lipinski definition) is 7. The first-order chi connectivity index (χ1) is 19.3. The lowest BCUT2D eigenvalue weighted by Gasteiger charge is -2.20. The van der Waals surface area contributed by atoms with Gasteiger partial charge in [0.05, 0.1) is 37.5 Å². The van der Waals surface area contributed by atoms with Gasteiger partial charge < -0.3 is 18.6 Å². The van der Waals surface area contributed by atoms with Crippen LogP contribution in [-0.2, 0) is 9.53 Å². The number of hydrogen-bond donors (Lipinski definition) is 0. The molecule has 0 unspecified atom stereocenters. The van der Waals surface area contributed by atoms with Gasteiger partial charge in [-0.1, -0.05) is 70.4 Å². The molecule has 0 aliphatic carbocycles. The largest absolute Gasteiger partial charge is 0.497 e. The Hall–Kier alpha value is -3.35. The molecule has 0 atom stereocenters. The normalized spacial score (nSPS) is 11.5. The summed E-state index contributed by atoms with van der Waals surface area (Å²) in [7, 11) is 1.60. The van der Waals surface area contributed by atoms with Crippen LogP contribution in [0.25, 0.3) is 22.1 Å². The van der Waals surface area contributed by atoms with Crippen LogP contribution in [0.1, 0.15) is 91.4 Å². The molecule has 40 heavy (non-hydrogen) atoms. The van der Waals surface area contributed by atoms with Crippen molar-refractivity contribution >= 4 is 16.9 Å². The molecule has 0 radical (unpaired) electrons. The van der Waals surface area contributed by atoms with Crippen LogP contribution >= 0.6 is 0 Å². The number of rotatable bonds is 18. The van der Waals surface area contributed by atoms with E-state index < -0.39 is 5.63 Å². The van der Waals surface area contributed by atoms with Gasteiger partial charge in [-0.25, -0.2) is 9.78 Å². The smallest absolute Gasteiger partial charge is 0.344 e. The van der Waals surface area contributed by atoms with Crippen molar-refractivity contribution in [2.24, 2.45) is 5.41 Å². The molecule has 3 aromatic rings. The number of carbonyl (C=O) groups is 1. The van der Waals surface area contributed by atoms with Gasteiger partial charge in [0.1, 0.15) is 5.75 Å². The number of unbranched alkanes of at least 4 members (excludes halogenated alkanes) is 9.